The summed E-state index contributed by atoms with van der Waals surface area (Å²) in [5, 5.41) is 0.851. The van der Waals surface area contributed by atoms with Crippen molar-refractivity contribution in [2.45, 2.75) is 26.4 Å². The van der Waals surface area contributed by atoms with E-state index in [0.29, 0.717) is 20.6 Å². The van der Waals surface area contributed by atoms with E-state index < -0.39 is 11.7 Å². The maximum Gasteiger partial charge on any atom is 0.416 e. The van der Waals surface area contributed by atoms with Gasteiger partial charge in [0.2, 0.25) is 0 Å². The lowest BCUT2D eigenvalue weighted by atomic mass is 10.1. The van der Waals surface area contributed by atoms with Gasteiger partial charge >= 0.3 is 6.18 Å². The molecule has 0 spiro atoms. The Morgan fingerprint density at radius 3 is 2.46 bits per heavy atom. The summed E-state index contributed by atoms with van der Waals surface area (Å²) < 4.78 is 37.3. The molecule has 0 amide bonds. The average molecular weight is 208 g/mol. The van der Waals surface area contributed by atoms with Crippen LogP contribution in [-0.2, 0) is 0 Å². The molecule has 0 aliphatic carbocycles. The van der Waals surface area contributed by atoms with Crippen molar-refractivity contribution in [2.75, 3.05) is 6.16 Å². The Hall–Kier alpha value is -0.300. The zero-order chi connectivity index (χ0) is 10.1. The molecule has 13 heavy (non-hydrogen) atoms. The fourth-order valence-electron chi connectivity index (χ4n) is 1.30. The predicted octanol–water partition coefficient (Wildman–Crippen LogP) is 3.85. The summed E-state index contributed by atoms with van der Waals surface area (Å²) in [6.07, 6.45) is -1.46. The monoisotopic (exact) mass is 208 g/mol. The molecule has 0 nitrogen and oxygen atoms in total. The molecule has 1 aliphatic rings. The Kier molecular flexibility index (Phi) is 3.18. The summed E-state index contributed by atoms with van der Waals surface area (Å²) in [5.41, 5.74) is 0.0341. The van der Waals surface area contributed by atoms with Crippen LogP contribution in [0.4, 0.5) is 13.2 Å². The molecule has 1 aliphatic heterocycles. The summed E-state index contributed by atoms with van der Waals surface area (Å²) in [5.74, 6) is 0. The highest BCUT2D eigenvalue weighted by molar-refractivity contribution is 7.43. The Labute approximate surface area is 77.7 Å². The largest absolute Gasteiger partial charge is 0.416 e. The van der Waals surface area contributed by atoms with Crippen LogP contribution in [0.2, 0.25) is 0 Å². The van der Waals surface area contributed by atoms with Crippen LogP contribution in [-0.4, -0.2) is 12.3 Å². The van der Waals surface area contributed by atoms with E-state index in [2.05, 4.69) is 0 Å². The molecule has 1 atom stereocenters. The van der Waals surface area contributed by atoms with Crippen LogP contribution in [0.5, 0.6) is 0 Å². The molecule has 0 bridgehead atoms. The van der Waals surface area contributed by atoms with Gasteiger partial charge in [0, 0.05) is 0 Å². The van der Waals surface area contributed by atoms with E-state index in [1.54, 1.807) is 13.8 Å². The van der Waals surface area contributed by atoms with Gasteiger partial charge in [0.25, 0.3) is 0 Å². The van der Waals surface area contributed by atoms with Crippen molar-refractivity contribution < 1.29 is 13.2 Å². The van der Waals surface area contributed by atoms with Crippen molar-refractivity contribution in [3.8, 4) is 0 Å². The van der Waals surface area contributed by atoms with Crippen molar-refractivity contribution in [3.05, 3.63) is 22.5 Å². The van der Waals surface area contributed by atoms with Gasteiger partial charge in [-0.3, -0.25) is 0 Å². The molecular weight excluding hydrogens is 196 g/mol. The third-order valence-electron chi connectivity index (χ3n) is 2.03. The van der Waals surface area contributed by atoms with Crippen LogP contribution >= 0.6 is 8.58 Å². The van der Waals surface area contributed by atoms with Crippen LogP contribution in [0.1, 0.15) is 20.3 Å². The van der Waals surface area contributed by atoms with E-state index in [9.17, 15) is 13.2 Å². The molecule has 0 aromatic rings. The topological polar surface area (TPSA) is 0 Å². The van der Waals surface area contributed by atoms with Gasteiger partial charge in [-0.15, -0.1) is 0 Å². The van der Waals surface area contributed by atoms with E-state index in [1.165, 1.54) is 6.08 Å². The lowest BCUT2D eigenvalue weighted by molar-refractivity contribution is -0.0890. The van der Waals surface area contributed by atoms with Crippen molar-refractivity contribution in [2.24, 2.45) is 0 Å². The minimum Gasteiger partial charge on any atom is -0.166 e. The summed E-state index contributed by atoms with van der Waals surface area (Å²) in [6, 6.07) is 0. The molecule has 0 radical (unpaired) electrons. The highest BCUT2D eigenvalue weighted by Crippen LogP contribution is 2.38. The van der Waals surface area contributed by atoms with Crippen LogP contribution in [0.3, 0.4) is 0 Å². The Morgan fingerprint density at radius 1 is 1.31 bits per heavy atom. The first-order chi connectivity index (χ1) is 5.91. The average Bonchev–Trinajstić information content (AvgIpc) is 2.11. The summed E-state index contributed by atoms with van der Waals surface area (Å²) in [6.45, 7) is 3.34. The molecule has 0 saturated heterocycles. The minimum atomic E-state index is -4.18. The predicted molar refractivity (Wildman–Crippen MR) is 50.3 cm³/mol. The molecule has 1 unspecified atom stereocenters. The third kappa shape index (κ3) is 2.84. The van der Waals surface area contributed by atoms with Gasteiger partial charge in [-0.2, -0.15) is 13.2 Å². The molecule has 0 aromatic carbocycles. The van der Waals surface area contributed by atoms with E-state index in [4.69, 9.17) is 0 Å². The molecule has 0 saturated carbocycles. The summed E-state index contributed by atoms with van der Waals surface area (Å²) >= 11 is 0. The van der Waals surface area contributed by atoms with Crippen LogP contribution in [0, 0.1) is 0 Å². The van der Waals surface area contributed by atoms with E-state index in [1.807, 2.05) is 0 Å². The Morgan fingerprint density at radius 2 is 1.92 bits per heavy atom. The summed E-state index contributed by atoms with van der Waals surface area (Å²) in [7, 11) is 0.539. The zero-order valence-electron chi connectivity index (χ0n) is 7.63. The first kappa shape index (κ1) is 10.8. The van der Waals surface area contributed by atoms with Crippen molar-refractivity contribution in [1.82, 2.24) is 0 Å². The van der Waals surface area contributed by atoms with Gasteiger partial charge in [0.05, 0.1) is 5.57 Å². The van der Waals surface area contributed by atoms with Crippen molar-refractivity contribution in [1.29, 1.82) is 0 Å². The number of allylic oxidation sites excluding steroid dienone is 4. The Balaban J connectivity index is 3.06. The normalized spacial score (nSPS) is 21.8. The van der Waals surface area contributed by atoms with E-state index >= 15 is 0 Å². The number of rotatable bonds is 0. The Bertz CT molecular complexity index is 261. The number of alkyl halides is 3. The van der Waals surface area contributed by atoms with Crippen LogP contribution in [0.15, 0.2) is 22.5 Å². The zero-order valence-corrected chi connectivity index (χ0v) is 8.63. The molecule has 1 heterocycles. The maximum absolute atomic E-state index is 12.4. The second-order valence-corrected chi connectivity index (χ2v) is 4.84. The highest BCUT2D eigenvalue weighted by atomic mass is 31.1. The van der Waals surface area contributed by atoms with Gasteiger partial charge in [0.15, 0.2) is 0 Å². The molecule has 74 valence electrons. The van der Waals surface area contributed by atoms with Crippen LogP contribution < -0.4 is 0 Å². The van der Waals surface area contributed by atoms with Gasteiger partial charge in [-0.25, -0.2) is 0 Å². The maximum atomic E-state index is 12.4. The van der Waals surface area contributed by atoms with Crippen molar-refractivity contribution >= 4 is 8.58 Å². The molecule has 4 heteroatoms. The van der Waals surface area contributed by atoms with E-state index in [-0.39, 0.29) is 0 Å². The number of halogens is 3. The standard InChI is InChI=1S/C9H12F3P/c1-6-3-4-13-7(2)5-8(6)9(10,11)12/h5,13H,3-4H2,1-2H3. The van der Waals surface area contributed by atoms with Gasteiger partial charge < -0.3 is 0 Å². The minimum absolute atomic E-state index is 0.435. The molecule has 0 fully saturated rings. The fraction of sp³-hybridized carbons (Fsp3) is 0.556. The fourth-order valence-corrected chi connectivity index (χ4v) is 2.44. The second kappa shape index (κ2) is 3.83. The third-order valence-corrected chi connectivity index (χ3v) is 3.23. The second-order valence-electron chi connectivity index (χ2n) is 3.20. The summed E-state index contributed by atoms with van der Waals surface area (Å²) in [4.78, 5) is 0. The lowest BCUT2D eigenvalue weighted by Crippen LogP contribution is -2.12. The number of hydrogen-bond acceptors (Lipinski definition) is 0. The molecule has 1 rings (SSSR count). The quantitative estimate of drug-likeness (QED) is 0.530. The van der Waals surface area contributed by atoms with Gasteiger partial charge in [-0.1, -0.05) is 19.5 Å². The molecule has 0 aromatic heterocycles. The van der Waals surface area contributed by atoms with Gasteiger partial charge in [-0.05, 0) is 32.5 Å². The SMILES string of the molecule is CC1=CC(C(F)(F)F)=C(C)CCP1. The smallest absolute Gasteiger partial charge is 0.166 e. The van der Waals surface area contributed by atoms with Crippen molar-refractivity contribution in [3.63, 3.8) is 0 Å². The molecule has 0 N–H and O–H groups in total. The first-order valence-corrected chi connectivity index (χ1v) is 5.31. The van der Waals surface area contributed by atoms with Crippen LogP contribution in [0.25, 0.3) is 0 Å². The number of hydrogen-bond donors (Lipinski definition) is 0. The lowest BCUT2D eigenvalue weighted by Gasteiger charge is -2.10. The van der Waals surface area contributed by atoms with Gasteiger partial charge in [0.1, 0.15) is 0 Å². The molecular formula is C9H12F3P. The first-order valence-electron chi connectivity index (χ1n) is 4.10. The highest BCUT2D eigenvalue weighted by Gasteiger charge is 2.34. The van der Waals surface area contributed by atoms with E-state index in [0.717, 1.165) is 11.5 Å².